The lowest BCUT2D eigenvalue weighted by Crippen LogP contribution is -2.37. The second kappa shape index (κ2) is 5.63. The monoisotopic (exact) mass is 290 g/mol. The van der Waals surface area contributed by atoms with Gasteiger partial charge in [0.15, 0.2) is 0 Å². The van der Waals surface area contributed by atoms with Gasteiger partial charge in [0.2, 0.25) is 5.91 Å². The van der Waals surface area contributed by atoms with Crippen molar-refractivity contribution in [3.05, 3.63) is 20.8 Å². The molecule has 0 unspecified atom stereocenters. The summed E-state index contributed by atoms with van der Waals surface area (Å²) >= 11 is 5.13. The summed E-state index contributed by atoms with van der Waals surface area (Å²) in [6.07, 6.45) is 0. The average molecular weight is 291 g/mol. The normalized spacial score (nSPS) is 11.3. The van der Waals surface area contributed by atoms with Crippen LogP contribution in [-0.4, -0.2) is 23.4 Å². The molecule has 1 amide bonds. The fraction of sp³-hybridized carbons (Fsp3) is 0.500. The summed E-state index contributed by atoms with van der Waals surface area (Å²) in [5, 5.41) is 4.12. The van der Waals surface area contributed by atoms with E-state index in [4.69, 9.17) is 5.73 Å². The van der Waals surface area contributed by atoms with E-state index in [1.54, 1.807) is 11.3 Å². The van der Waals surface area contributed by atoms with Gasteiger partial charge in [-0.15, -0.1) is 0 Å². The van der Waals surface area contributed by atoms with Gasteiger partial charge >= 0.3 is 0 Å². The van der Waals surface area contributed by atoms with E-state index in [1.807, 2.05) is 5.38 Å². The number of nitrogens with zero attached hydrogens (tertiary/aromatic N) is 1. The number of thiophene rings is 1. The Bertz CT molecular complexity index is 338. The lowest BCUT2D eigenvalue weighted by molar-refractivity contribution is -0.119. The van der Waals surface area contributed by atoms with Gasteiger partial charge in [-0.1, -0.05) is 0 Å². The van der Waals surface area contributed by atoms with Gasteiger partial charge in [-0.05, 0) is 40.7 Å². The molecule has 84 valence electrons. The summed E-state index contributed by atoms with van der Waals surface area (Å²) in [6.45, 7) is 5.18. The van der Waals surface area contributed by atoms with Crippen molar-refractivity contribution in [3.63, 3.8) is 0 Å². The summed E-state index contributed by atoms with van der Waals surface area (Å²) in [5.41, 5.74) is 6.41. The third kappa shape index (κ3) is 3.93. The predicted molar refractivity (Wildman–Crippen MR) is 66.8 cm³/mol. The van der Waals surface area contributed by atoms with E-state index in [9.17, 15) is 4.79 Å². The molecule has 1 heterocycles. The van der Waals surface area contributed by atoms with Crippen molar-refractivity contribution in [1.82, 2.24) is 4.90 Å². The molecule has 5 heteroatoms. The summed E-state index contributed by atoms with van der Waals surface area (Å²) in [6, 6.07) is 0.310. The Morgan fingerprint density at radius 3 is 2.67 bits per heavy atom. The highest BCUT2D eigenvalue weighted by Gasteiger charge is 2.14. The molecule has 0 saturated heterocycles. The number of hydrogen-bond acceptors (Lipinski definition) is 3. The van der Waals surface area contributed by atoms with Crippen molar-refractivity contribution >= 4 is 33.2 Å². The summed E-state index contributed by atoms with van der Waals surface area (Å²) in [4.78, 5) is 12.9. The van der Waals surface area contributed by atoms with Crippen molar-refractivity contribution in [2.24, 2.45) is 5.73 Å². The van der Waals surface area contributed by atoms with E-state index in [2.05, 4.69) is 40.1 Å². The fourth-order valence-corrected chi connectivity index (χ4v) is 2.68. The van der Waals surface area contributed by atoms with E-state index < -0.39 is 0 Å². The molecule has 0 aliphatic heterocycles. The van der Waals surface area contributed by atoms with Crippen LogP contribution in [0.4, 0.5) is 0 Å². The van der Waals surface area contributed by atoms with Crippen molar-refractivity contribution in [3.8, 4) is 0 Å². The molecule has 0 aliphatic carbocycles. The highest BCUT2D eigenvalue weighted by Crippen LogP contribution is 2.23. The Labute approximate surface area is 102 Å². The molecule has 0 saturated carbocycles. The number of hydrogen-bond donors (Lipinski definition) is 1. The minimum absolute atomic E-state index is 0.282. The predicted octanol–water partition coefficient (Wildman–Crippen LogP) is 2.21. The Morgan fingerprint density at radius 1 is 1.60 bits per heavy atom. The summed E-state index contributed by atoms with van der Waals surface area (Å²) < 4.78 is 1.10. The zero-order valence-corrected chi connectivity index (χ0v) is 11.3. The smallest absolute Gasteiger partial charge is 0.231 e. The summed E-state index contributed by atoms with van der Waals surface area (Å²) in [7, 11) is 0. The molecule has 0 fully saturated rings. The third-order valence-corrected chi connectivity index (χ3v) is 3.98. The first kappa shape index (κ1) is 12.7. The molecular weight excluding hydrogens is 276 g/mol. The maximum atomic E-state index is 10.9. The molecular formula is C10H15BrN2OS. The minimum Gasteiger partial charge on any atom is -0.369 e. The van der Waals surface area contributed by atoms with Gasteiger partial charge in [-0.2, -0.15) is 11.3 Å². The molecule has 1 aromatic heterocycles. The van der Waals surface area contributed by atoms with Crippen molar-refractivity contribution in [2.45, 2.75) is 26.4 Å². The molecule has 1 rings (SSSR count). The zero-order chi connectivity index (χ0) is 11.4. The topological polar surface area (TPSA) is 46.3 Å². The van der Waals surface area contributed by atoms with Crippen LogP contribution in [0, 0.1) is 0 Å². The molecule has 0 aromatic carbocycles. The molecule has 2 N–H and O–H groups in total. The van der Waals surface area contributed by atoms with Crippen molar-refractivity contribution in [1.29, 1.82) is 0 Å². The quantitative estimate of drug-likeness (QED) is 0.904. The number of primary amides is 1. The van der Waals surface area contributed by atoms with Gasteiger partial charge in [0, 0.05) is 22.4 Å². The molecule has 15 heavy (non-hydrogen) atoms. The van der Waals surface area contributed by atoms with Gasteiger partial charge in [-0.25, -0.2) is 0 Å². The van der Waals surface area contributed by atoms with E-state index >= 15 is 0 Å². The van der Waals surface area contributed by atoms with Crippen LogP contribution in [0.25, 0.3) is 0 Å². The second-order valence-corrected chi connectivity index (χ2v) is 5.31. The van der Waals surface area contributed by atoms with Gasteiger partial charge < -0.3 is 5.73 Å². The number of halogens is 1. The zero-order valence-electron chi connectivity index (χ0n) is 8.87. The van der Waals surface area contributed by atoms with Gasteiger partial charge in [-0.3, -0.25) is 9.69 Å². The van der Waals surface area contributed by atoms with Gasteiger partial charge in [0.1, 0.15) is 0 Å². The number of rotatable bonds is 5. The maximum Gasteiger partial charge on any atom is 0.231 e. The lowest BCUT2D eigenvalue weighted by Gasteiger charge is -2.24. The molecule has 0 radical (unpaired) electrons. The molecule has 0 spiro atoms. The third-order valence-electron chi connectivity index (χ3n) is 2.15. The fourth-order valence-electron chi connectivity index (χ4n) is 1.26. The Balaban J connectivity index is 2.67. The van der Waals surface area contributed by atoms with Crippen LogP contribution in [0.15, 0.2) is 15.2 Å². The molecule has 0 atom stereocenters. The van der Waals surface area contributed by atoms with E-state index in [-0.39, 0.29) is 5.91 Å². The lowest BCUT2D eigenvalue weighted by atomic mass is 10.2. The van der Waals surface area contributed by atoms with Crippen molar-refractivity contribution < 1.29 is 4.79 Å². The van der Waals surface area contributed by atoms with Crippen LogP contribution in [-0.2, 0) is 11.3 Å². The van der Waals surface area contributed by atoms with E-state index in [0.29, 0.717) is 12.6 Å². The van der Waals surface area contributed by atoms with Gasteiger partial charge in [0.25, 0.3) is 0 Å². The number of amides is 1. The molecule has 1 aromatic rings. The van der Waals surface area contributed by atoms with Crippen LogP contribution in [0.5, 0.6) is 0 Å². The average Bonchev–Trinajstić information content (AvgIpc) is 2.50. The largest absolute Gasteiger partial charge is 0.369 e. The van der Waals surface area contributed by atoms with Crippen LogP contribution in [0.3, 0.4) is 0 Å². The molecule has 0 bridgehead atoms. The molecule has 0 aliphatic rings. The Hall–Kier alpha value is -0.390. The Morgan fingerprint density at radius 2 is 2.27 bits per heavy atom. The maximum absolute atomic E-state index is 10.9. The first-order valence-corrected chi connectivity index (χ1v) is 6.47. The van der Waals surface area contributed by atoms with Crippen LogP contribution >= 0.6 is 27.3 Å². The first-order valence-electron chi connectivity index (χ1n) is 4.73. The van der Waals surface area contributed by atoms with Crippen molar-refractivity contribution in [2.75, 3.05) is 6.54 Å². The second-order valence-electron chi connectivity index (χ2n) is 3.71. The summed E-state index contributed by atoms with van der Waals surface area (Å²) in [5.74, 6) is -0.282. The van der Waals surface area contributed by atoms with Crippen LogP contribution < -0.4 is 5.73 Å². The SMILES string of the molecule is CC(C)N(CC(N)=O)Cc1cscc1Br. The highest BCUT2D eigenvalue weighted by atomic mass is 79.9. The number of carbonyl (C=O) groups is 1. The van der Waals surface area contributed by atoms with Crippen LogP contribution in [0.2, 0.25) is 0 Å². The highest BCUT2D eigenvalue weighted by molar-refractivity contribution is 9.10. The van der Waals surface area contributed by atoms with E-state index in [1.165, 1.54) is 5.56 Å². The molecule has 3 nitrogen and oxygen atoms in total. The van der Waals surface area contributed by atoms with Crippen LogP contribution in [0.1, 0.15) is 19.4 Å². The van der Waals surface area contributed by atoms with E-state index in [0.717, 1.165) is 11.0 Å². The number of nitrogens with two attached hydrogens (primary N) is 1. The number of carbonyl (C=O) groups excluding carboxylic acids is 1. The standard InChI is InChI=1S/C10H15BrN2OS/c1-7(2)13(4-10(12)14)3-8-5-15-6-9(8)11/h5-7H,3-4H2,1-2H3,(H2,12,14). The minimum atomic E-state index is -0.282. The van der Waals surface area contributed by atoms with Gasteiger partial charge in [0.05, 0.1) is 6.54 Å². The Kier molecular flexibility index (Phi) is 4.76. The first-order chi connectivity index (χ1) is 7.00.